The Labute approximate surface area is 177 Å². The van der Waals surface area contributed by atoms with Crippen LogP contribution in [0.25, 0.3) is 0 Å². The number of piperazine rings is 1. The van der Waals surface area contributed by atoms with Gasteiger partial charge in [0.1, 0.15) is 0 Å². The SMILES string of the molecule is CCN(C)C(=O)[C@H](C1CCCC1)N1CCN(C(=O)c2ccc(Cl)c(Cl)c2)CC1. The molecule has 1 aliphatic heterocycles. The van der Waals surface area contributed by atoms with E-state index in [-0.39, 0.29) is 17.9 Å². The lowest BCUT2D eigenvalue weighted by Crippen LogP contribution is -2.58. The van der Waals surface area contributed by atoms with E-state index in [4.69, 9.17) is 23.2 Å². The second kappa shape index (κ2) is 9.47. The first-order valence-electron chi connectivity index (χ1n) is 10.2. The van der Waals surface area contributed by atoms with Crippen LogP contribution in [0.4, 0.5) is 0 Å². The molecular formula is C21H29Cl2N3O2. The number of nitrogens with zero attached hydrogens (tertiary/aromatic N) is 3. The third-order valence-electron chi connectivity index (χ3n) is 6.11. The highest BCUT2D eigenvalue weighted by molar-refractivity contribution is 6.42. The van der Waals surface area contributed by atoms with Crippen molar-refractivity contribution in [1.29, 1.82) is 0 Å². The van der Waals surface area contributed by atoms with Gasteiger partial charge in [-0.2, -0.15) is 0 Å². The number of hydrogen-bond donors (Lipinski definition) is 0. The minimum absolute atomic E-state index is 0.0346. The molecule has 0 bridgehead atoms. The van der Waals surface area contributed by atoms with Gasteiger partial charge in [-0.3, -0.25) is 14.5 Å². The predicted octanol–water partition coefficient (Wildman–Crippen LogP) is 3.79. The summed E-state index contributed by atoms with van der Waals surface area (Å²) in [7, 11) is 1.88. The lowest BCUT2D eigenvalue weighted by atomic mass is 9.94. The van der Waals surface area contributed by atoms with Crippen LogP contribution < -0.4 is 0 Å². The van der Waals surface area contributed by atoms with Gasteiger partial charge in [0, 0.05) is 45.3 Å². The fraction of sp³-hybridized carbons (Fsp3) is 0.619. The molecule has 0 N–H and O–H groups in total. The standard InChI is InChI=1S/C21H29Cl2N3O2/c1-3-24(2)21(28)19(15-6-4-5-7-15)25-10-12-26(13-11-25)20(27)16-8-9-17(22)18(23)14-16/h8-9,14-15,19H,3-7,10-13H2,1-2H3/t19-/m0/s1. The fourth-order valence-corrected chi connectivity index (χ4v) is 4.62. The summed E-state index contributed by atoms with van der Waals surface area (Å²) in [6.07, 6.45) is 4.66. The molecule has 1 atom stereocenters. The Morgan fingerprint density at radius 1 is 1.11 bits per heavy atom. The number of amides is 2. The molecule has 0 unspecified atom stereocenters. The minimum Gasteiger partial charge on any atom is -0.345 e. The molecule has 1 aliphatic carbocycles. The van der Waals surface area contributed by atoms with Crippen molar-refractivity contribution in [1.82, 2.24) is 14.7 Å². The van der Waals surface area contributed by atoms with Crippen molar-refractivity contribution in [3.63, 3.8) is 0 Å². The first-order chi connectivity index (χ1) is 13.4. The van der Waals surface area contributed by atoms with Gasteiger partial charge in [-0.25, -0.2) is 0 Å². The van der Waals surface area contributed by atoms with E-state index >= 15 is 0 Å². The van der Waals surface area contributed by atoms with Crippen LogP contribution in [-0.2, 0) is 4.79 Å². The van der Waals surface area contributed by atoms with E-state index in [2.05, 4.69) is 4.90 Å². The van der Waals surface area contributed by atoms with Crippen molar-refractivity contribution in [2.75, 3.05) is 39.8 Å². The number of hydrogen-bond acceptors (Lipinski definition) is 3. The van der Waals surface area contributed by atoms with Gasteiger partial charge < -0.3 is 9.80 Å². The van der Waals surface area contributed by atoms with Crippen LogP contribution in [0.2, 0.25) is 10.0 Å². The number of rotatable bonds is 5. The van der Waals surface area contributed by atoms with Gasteiger partial charge in [-0.1, -0.05) is 36.0 Å². The van der Waals surface area contributed by atoms with E-state index in [1.54, 1.807) is 18.2 Å². The highest BCUT2D eigenvalue weighted by Crippen LogP contribution is 2.32. The van der Waals surface area contributed by atoms with Gasteiger partial charge in [0.25, 0.3) is 5.91 Å². The van der Waals surface area contributed by atoms with Crippen molar-refractivity contribution >= 4 is 35.0 Å². The number of benzene rings is 1. The quantitative estimate of drug-likeness (QED) is 0.720. The van der Waals surface area contributed by atoms with Crippen LogP contribution in [0.3, 0.4) is 0 Å². The molecule has 1 saturated carbocycles. The lowest BCUT2D eigenvalue weighted by Gasteiger charge is -2.42. The van der Waals surface area contributed by atoms with Crippen molar-refractivity contribution in [2.45, 2.75) is 38.6 Å². The number of halogens is 2. The van der Waals surface area contributed by atoms with Crippen LogP contribution in [0.1, 0.15) is 43.0 Å². The summed E-state index contributed by atoms with van der Waals surface area (Å²) in [6, 6.07) is 4.93. The van der Waals surface area contributed by atoms with Crippen LogP contribution in [-0.4, -0.2) is 72.3 Å². The molecule has 1 aromatic carbocycles. The number of carbonyl (C=O) groups excluding carboxylic acids is 2. The van der Waals surface area contributed by atoms with E-state index in [0.717, 1.165) is 32.5 Å². The summed E-state index contributed by atoms with van der Waals surface area (Å²) in [6.45, 7) is 5.40. The molecule has 2 amide bonds. The van der Waals surface area contributed by atoms with E-state index in [1.807, 2.05) is 23.8 Å². The highest BCUT2D eigenvalue weighted by atomic mass is 35.5. The molecular weight excluding hydrogens is 397 g/mol. The Morgan fingerprint density at radius 3 is 2.32 bits per heavy atom. The Bertz CT molecular complexity index is 714. The molecule has 154 valence electrons. The molecule has 2 aliphatic rings. The van der Waals surface area contributed by atoms with E-state index in [1.165, 1.54) is 12.8 Å². The second-order valence-electron chi connectivity index (χ2n) is 7.80. The van der Waals surface area contributed by atoms with Crippen molar-refractivity contribution in [2.24, 2.45) is 5.92 Å². The summed E-state index contributed by atoms with van der Waals surface area (Å²) in [5.41, 5.74) is 0.553. The van der Waals surface area contributed by atoms with E-state index in [0.29, 0.717) is 34.6 Å². The Balaban J connectivity index is 1.67. The zero-order valence-electron chi connectivity index (χ0n) is 16.7. The van der Waals surface area contributed by atoms with Crippen LogP contribution in [0.15, 0.2) is 18.2 Å². The molecule has 7 heteroatoms. The average molecular weight is 426 g/mol. The molecule has 0 spiro atoms. The van der Waals surface area contributed by atoms with E-state index < -0.39 is 0 Å². The van der Waals surface area contributed by atoms with Gasteiger partial charge in [0.05, 0.1) is 16.1 Å². The largest absolute Gasteiger partial charge is 0.345 e. The molecule has 1 heterocycles. The monoisotopic (exact) mass is 425 g/mol. The molecule has 28 heavy (non-hydrogen) atoms. The van der Waals surface area contributed by atoms with Crippen molar-refractivity contribution in [3.8, 4) is 0 Å². The highest BCUT2D eigenvalue weighted by Gasteiger charge is 2.38. The third-order valence-corrected chi connectivity index (χ3v) is 6.85. The molecule has 0 radical (unpaired) electrons. The Morgan fingerprint density at radius 2 is 1.75 bits per heavy atom. The third kappa shape index (κ3) is 4.64. The smallest absolute Gasteiger partial charge is 0.253 e. The molecule has 1 saturated heterocycles. The maximum atomic E-state index is 13.0. The summed E-state index contributed by atoms with van der Waals surface area (Å²) in [5.74, 6) is 0.616. The van der Waals surface area contributed by atoms with Crippen LogP contribution in [0, 0.1) is 5.92 Å². The minimum atomic E-state index is -0.0605. The maximum absolute atomic E-state index is 13.0. The van der Waals surface area contributed by atoms with Gasteiger partial charge in [0.2, 0.25) is 5.91 Å². The zero-order chi connectivity index (χ0) is 20.3. The zero-order valence-corrected chi connectivity index (χ0v) is 18.2. The first kappa shape index (κ1) is 21.4. The summed E-state index contributed by atoms with van der Waals surface area (Å²) in [4.78, 5) is 31.8. The topological polar surface area (TPSA) is 43.9 Å². The lowest BCUT2D eigenvalue weighted by molar-refractivity contribution is -0.138. The normalized spacial score (nSPS) is 19.6. The molecule has 5 nitrogen and oxygen atoms in total. The average Bonchev–Trinajstić information content (AvgIpc) is 3.23. The van der Waals surface area contributed by atoms with Crippen molar-refractivity contribution < 1.29 is 9.59 Å². The Kier molecular flexibility index (Phi) is 7.24. The van der Waals surface area contributed by atoms with E-state index in [9.17, 15) is 9.59 Å². The summed E-state index contributed by atoms with van der Waals surface area (Å²) in [5, 5.41) is 0.835. The maximum Gasteiger partial charge on any atom is 0.253 e. The molecule has 2 fully saturated rings. The predicted molar refractivity (Wildman–Crippen MR) is 113 cm³/mol. The Hall–Kier alpha value is -1.30. The molecule has 3 rings (SSSR count). The molecule has 1 aromatic rings. The van der Waals surface area contributed by atoms with Gasteiger partial charge in [-0.15, -0.1) is 0 Å². The first-order valence-corrected chi connectivity index (χ1v) is 10.9. The van der Waals surface area contributed by atoms with Crippen LogP contribution in [0.5, 0.6) is 0 Å². The molecule has 0 aromatic heterocycles. The second-order valence-corrected chi connectivity index (χ2v) is 8.61. The number of carbonyl (C=O) groups is 2. The van der Waals surface area contributed by atoms with Gasteiger partial charge >= 0.3 is 0 Å². The van der Waals surface area contributed by atoms with Gasteiger partial charge in [-0.05, 0) is 43.9 Å². The van der Waals surface area contributed by atoms with Crippen LogP contribution >= 0.6 is 23.2 Å². The van der Waals surface area contributed by atoms with Gasteiger partial charge in [0.15, 0.2) is 0 Å². The van der Waals surface area contributed by atoms with Crippen molar-refractivity contribution in [3.05, 3.63) is 33.8 Å². The number of likely N-dealkylation sites (N-methyl/N-ethyl adjacent to an activating group) is 1. The summed E-state index contributed by atoms with van der Waals surface area (Å²) < 4.78 is 0. The fourth-order valence-electron chi connectivity index (χ4n) is 4.33. The summed E-state index contributed by atoms with van der Waals surface area (Å²) >= 11 is 12.0.